The number of morpholine rings is 1. The Bertz CT molecular complexity index is 389. The number of methoxy groups -OCH3 is 1. The van der Waals surface area contributed by atoms with Gasteiger partial charge in [-0.2, -0.15) is 0 Å². The summed E-state index contributed by atoms with van der Waals surface area (Å²) in [6, 6.07) is 6.49. The van der Waals surface area contributed by atoms with Crippen LogP contribution in [0.4, 0.5) is 0 Å². The fraction of sp³-hybridized carbons (Fsp3) is 0.571. The van der Waals surface area contributed by atoms with Crippen LogP contribution >= 0.6 is 11.9 Å². The predicted octanol–water partition coefficient (Wildman–Crippen LogP) is 3.16. The third-order valence-corrected chi connectivity index (χ3v) is 4.12. The van der Waals surface area contributed by atoms with E-state index in [2.05, 4.69) is 36.4 Å². The molecule has 0 atom stereocenters. The summed E-state index contributed by atoms with van der Waals surface area (Å²) in [5, 5.41) is 0. The van der Waals surface area contributed by atoms with Gasteiger partial charge in [0.05, 0.1) is 20.3 Å². The number of rotatable bonds is 4. The van der Waals surface area contributed by atoms with Crippen molar-refractivity contribution >= 4 is 11.9 Å². The van der Waals surface area contributed by atoms with Crippen LogP contribution in [0, 0.1) is 0 Å². The molecule has 1 saturated heterocycles. The molecule has 4 heteroatoms. The Morgan fingerprint density at radius 1 is 1.28 bits per heavy atom. The number of nitrogens with zero attached hydrogens (tertiary/aromatic N) is 1. The molecule has 18 heavy (non-hydrogen) atoms. The maximum atomic E-state index is 5.48. The van der Waals surface area contributed by atoms with E-state index in [9.17, 15) is 0 Å². The molecule has 0 radical (unpaired) electrons. The summed E-state index contributed by atoms with van der Waals surface area (Å²) in [6.45, 7) is 8.00. The van der Waals surface area contributed by atoms with Gasteiger partial charge in [-0.25, -0.2) is 4.31 Å². The lowest BCUT2D eigenvalue weighted by atomic mass is 10.0. The largest absolute Gasteiger partial charge is 0.496 e. The van der Waals surface area contributed by atoms with Crippen molar-refractivity contribution < 1.29 is 9.47 Å². The number of hydrogen-bond acceptors (Lipinski definition) is 4. The van der Waals surface area contributed by atoms with Crippen LogP contribution in [0.25, 0.3) is 0 Å². The van der Waals surface area contributed by atoms with Gasteiger partial charge in [0.25, 0.3) is 0 Å². The molecule has 1 aromatic carbocycles. The molecule has 1 fully saturated rings. The van der Waals surface area contributed by atoms with Crippen molar-refractivity contribution in [2.45, 2.75) is 24.7 Å². The lowest BCUT2D eigenvalue weighted by Crippen LogP contribution is -2.30. The molecule has 0 saturated carbocycles. The Morgan fingerprint density at radius 3 is 2.61 bits per heavy atom. The maximum absolute atomic E-state index is 5.48. The van der Waals surface area contributed by atoms with Crippen LogP contribution in [-0.4, -0.2) is 37.7 Å². The lowest BCUT2D eigenvalue weighted by molar-refractivity contribution is 0.0773. The SMILES string of the molecule is COc1cc(SN2CCOCC2)ccc1C(C)C. The van der Waals surface area contributed by atoms with Gasteiger partial charge in [0.15, 0.2) is 0 Å². The van der Waals surface area contributed by atoms with E-state index in [-0.39, 0.29) is 0 Å². The van der Waals surface area contributed by atoms with Crippen LogP contribution in [0.3, 0.4) is 0 Å². The third-order valence-electron chi connectivity index (χ3n) is 3.03. The first-order valence-electron chi connectivity index (χ1n) is 6.39. The molecule has 3 nitrogen and oxygen atoms in total. The van der Waals surface area contributed by atoms with E-state index >= 15 is 0 Å². The average molecular weight is 267 g/mol. The molecule has 0 unspecified atom stereocenters. The zero-order chi connectivity index (χ0) is 13.0. The molecule has 0 amide bonds. The highest BCUT2D eigenvalue weighted by atomic mass is 32.2. The van der Waals surface area contributed by atoms with Crippen LogP contribution in [-0.2, 0) is 4.74 Å². The van der Waals surface area contributed by atoms with Crippen LogP contribution in [0.1, 0.15) is 25.3 Å². The Morgan fingerprint density at radius 2 is 2.00 bits per heavy atom. The maximum Gasteiger partial charge on any atom is 0.123 e. The van der Waals surface area contributed by atoms with Crippen LogP contribution in [0.5, 0.6) is 5.75 Å². The quantitative estimate of drug-likeness (QED) is 0.781. The first-order chi connectivity index (χ1) is 8.70. The monoisotopic (exact) mass is 267 g/mol. The highest BCUT2D eigenvalue weighted by molar-refractivity contribution is 7.97. The zero-order valence-electron chi connectivity index (χ0n) is 11.3. The summed E-state index contributed by atoms with van der Waals surface area (Å²) in [4.78, 5) is 1.23. The summed E-state index contributed by atoms with van der Waals surface area (Å²) < 4.78 is 13.2. The Hall–Kier alpha value is -0.710. The minimum atomic E-state index is 0.488. The van der Waals surface area contributed by atoms with Gasteiger partial charge in [0, 0.05) is 18.0 Å². The molecule has 1 aromatic rings. The van der Waals surface area contributed by atoms with Crippen molar-refractivity contribution in [2.75, 3.05) is 33.4 Å². The van der Waals surface area contributed by atoms with E-state index in [1.54, 1.807) is 19.1 Å². The van der Waals surface area contributed by atoms with Crippen LogP contribution < -0.4 is 4.74 Å². The first kappa shape index (κ1) is 13.7. The molecule has 0 aliphatic carbocycles. The second-order valence-corrected chi connectivity index (χ2v) is 5.86. The molecule has 100 valence electrons. The Kier molecular flexibility index (Phi) is 4.92. The topological polar surface area (TPSA) is 21.7 Å². The highest BCUT2D eigenvalue weighted by Gasteiger charge is 2.14. The summed E-state index contributed by atoms with van der Waals surface area (Å²) in [7, 11) is 1.74. The molecule has 0 aromatic heterocycles. The van der Waals surface area contributed by atoms with Crippen molar-refractivity contribution in [3.63, 3.8) is 0 Å². The van der Waals surface area contributed by atoms with Crippen molar-refractivity contribution in [3.05, 3.63) is 23.8 Å². The number of hydrogen-bond donors (Lipinski definition) is 0. The lowest BCUT2D eigenvalue weighted by Gasteiger charge is -2.25. The fourth-order valence-electron chi connectivity index (χ4n) is 2.01. The van der Waals surface area contributed by atoms with Crippen LogP contribution in [0.15, 0.2) is 23.1 Å². The first-order valence-corrected chi connectivity index (χ1v) is 7.16. The van der Waals surface area contributed by atoms with E-state index in [1.807, 2.05) is 0 Å². The van der Waals surface area contributed by atoms with Gasteiger partial charge >= 0.3 is 0 Å². The molecular formula is C14H21NO2S. The van der Waals surface area contributed by atoms with Gasteiger partial charge in [-0.15, -0.1) is 0 Å². The Balaban J connectivity index is 2.09. The van der Waals surface area contributed by atoms with E-state index < -0.39 is 0 Å². The van der Waals surface area contributed by atoms with Crippen LogP contribution in [0.2, 0.25) is 0 Å². The molecule has 0 N–H and O–H groups in total. The molecule has 1 heterocycles. The van der Waals surface area contributed by atoms with E-state index in [4.69, 9.17) is 9.47 Å². The second kappa shape index (κ2) is 6.45. The minimum absolute atomic E-state index is 0.488. The van der Waals surface area contributed by atoms with Crippen molar-refractivity contribution in [1.29, 1.82) is 0 Å². The number of ether oxygens (including phenoxy) is 2. The van der Waals surface area contributed by atoms with Crippen molar-refractivity contribution in [3.8, 4) is 5.75 Å². The molecule has 1 aliphatic heterocycles. The van der Waals surface area contributed by atoms with Gasteiger partial charge < -0.3 is 9.47 Å². The minimum Gasteiger partial charge on any atom is -0.496 e. The van der Waals surface area contributed by atoms with E-state index in [0.717, 1.165) is 32.1 Å². The highest BCUT2D eigenvalue weighted by Crippen LogP contribution is 2.32. The third kappa shape index (κ3) is 3.40. The smallest absolute Gasteiger partial charge is 0.123 e. The van der Waals surface area contributed by atoms with Gasteiger partial charge in [0.2, 0.25) is 0 Å². The summed E-state index contributed by atoms with van der Waals surface area (Å²) in [5.74, 6) is 1.48. The predicted molar refractivity (Wildman–Crippen MR) is 75.3 cm³/mol. The summed E-state index contributed by atoms with van der Waals surface area (Å²) in [6.07, 6.45) is 0. The average Bonchev–Trinajstić information content (AvgIpc) is 2.39. The van der Waals surface area contributed by atoms with E-state index in [0.29, 0.717) is 5.92 Å². The summed E-state index contributed by atoms with van der Waals surface area (Å²) in [5.41, 5.74) is 1.27. The van der Waals surface area contributed by atoms with Crippen molar-refractivity contribution in [2.24, 2.45) is 0 Å². The summed E-state index contributed by atoms with van der Waals surface area (Å²) >= 11 is 1.79. The standard InChI is InChI=1S/C14H21NO2S/c1-11(2)13-5-4-12(10-14(13)16-3)18-15-6-8-17-9-7-15/h4-5,10-11H,6-9H2,1-3H3. The van der Waals surface area contributed by atoms with Gasteiger partial charge in [-0.05, 0) is 35.6 Å². The molecular weight excluding hydrogens is 246 g/mol. The fourth-order valence-corrected chi connectivity index (χ4v) is 2.93. The number of benzene rings is 1. The Labute approximate surface area is 114 Å². The van der Waals surface area contributed by atoms with E-state index in [1.165, 1.54) is 10.5 Å². The second-order valence-electron chi connectivity index (χ2n) is 4.69. The molecule has 2 rings (SSSR count). The molecule has 0 spiro atoms. The van der Waals surface area contributed by atoms with Crippen molar-refractivity contribution in [1.82, 2.24) is 4.31 Å². The van der Waals surface area contributed by atoms with Gasteiger partial charge in [-0.1, -0.05) is 19.9 Å². The molecule has 0 bridgehead atoms. The van der Waals surface area contributed by atoms with Gasteiger partial charge in [0.1, 0.15) is 5.75 Å². The normalized spacial score (nSPS) is 17.1. The molecule has 1 aliphatic rings. The zero-order valence-corrected chi connectivity index (χ0v) is 12.1. The van der Waals surface area contributed by atoms with Gasteiger partial charge in [-0.3, -0.25) is 0 Å².